The minimum Gasteiger partial charge on any atom is -0.381 e. The fourth-order valence-electron chi connectivity index (χ4n) is 2.42. The molecule has 0 atom stereocenters. The van der Waals surface area contributed by atoms with Gasteiger partial charge >= 0.3 is 0 Å². The minimum atomic E-state index is 0. The molecule has 150 valence electrons. The van der Waals surface area contributed by atoms with Gasteiger partial charge in [-0.1, -0.05) is 13.8 Å². The molecule has 0 bridgehead atoms. The number of hydrogen-bond acceptors (Lipinski definition) is 4. The van der Waals surface area contributed by atoms with E-state index in [9.17, 15) is 0 Å². The minimum absolute atomic E-state index is 0. The lowest BCUT2D eigenvalue weighted by Crippen LogP contribution is -2.39. The van der Waals surface area contributed by atoms with Crippen LogP contribution in [0.15, 0.2) is 4.99 Å². The van der Waals surface area contributed by atoms with Gasteiger partial charge in [-0.15, -0.1) is 24.0 Å². The van der Waals surface area contributed by atoms with Crippen molar-refractivity contribution in [1.29, 1.82) is 0 Å². The molecule has 0 spiro atoms. The van der Waals surface area contributed by atoms with E-state index in [2.05, 4.69) is 36.4 Å². The maximum absolute atomic E-state index is 5.76. The van der Waals surface area contributed by atoms with E-state index < -0.39 is 0 Å². The number of hydrogen-bond donors (Lipinski definition) is 2. The zero-order valence-corrected chi connectivity index (χ0v) is 18.6. The molecular weight excluding hydrogens is 433 g/mol. The molecule has 7 heteroatoms. The van der Waals surface area contributed by atoms with Gasteiger partial charge in [-0.05, 0) is 38.0 Å². The van der Waals surface area contributed by atoms with Crippen molar-refractivity contribution in [3.8, 4) is 0 Å². The lowest BCUT2D eigenvalue weighted by Gasteiger charge is -2.21. The summed E-state index contributed by atoms with van der Waals surface area (Å²) >= 11 is 0. The van der Waals surface area contributed by atoms with Crippen molar-refractivity contribution in [3.05, 3.63) is 0 Å². The summed E-state index contributed by atoms with van der Waals surface area (Å²) in [6.45, 7) is 13.7. The third-order valence-corrected chi connectivity index (χ3v) is 3.75. The van der Waals surface area contributed by atoms with Gasteiger partial charge in [0.15, 0.2) is 5.96 Å². The molecule has 0 radical (unpaired) electrons. The van der Waals surface area contributed by atoms with Gasteiger partial charge in [0.2, 0.25) is 0 Å². The Balaban J connectivity index is 0.00000576. The van der Waals surface area contributed by atoms with Crippen LogP contribution in [-0.4, -0.2) is 65.2 Å². The van der Waals surface area contributed by atoms with E-state index in [1.54, 1.807) is 0 Å². The quantitative estimate of drug-likeness (QED) is 0.198. The molecule has 1 fully saturated rings. The van der Waals surface area contributed by atoms with Gasteiger partial charge < -0.3 is 24.8 Å². The lowest BCUT2D eigenvalue weighted by molar-refractivity contribution is 0.0205. The molecule has 1 rings (SSSR count). The number of nitrogens with zero attached hydrogens (tertiary/aromatic N) is 1. The molecule has 0 aromatic heterocycles. The highest BCUT2D eigenvalue weighted by Crippen LogP contribution is 2.14. The molecular formula is C18H38IN3O3. The van der Waals surface area contributed by atoms with Crippen LogP contribution in [0.25, 0.3) is 0 Å². The average molecular weight is 471 g/mol. The van der Waals surface area contributed by atoms with Gasteiger partial charge in [0.25, 0.3) is 0 Å². The smallest absolute Gasteiger partial charge is 0.191 e. The highest BCUT2D eigenvalue weighted by molar-refractivity contribution is 14.0. The summed E-state index contributed by atoms with van der Waals surface area (Å²) in [7, 11) is 0. The first-order valence-electron chi connectivity index (χ1n) is 9.47. The summed E-state index contributed by atoms with van der Waals surface area (Å²) < 4.78 is 16.7. The maximum Gasteiger partial charge on any atom is 0.191 e. The van der Waals surface area contributed by atoms with Crippen LogP contribution in [0, 0.1) is 11.8 Å². The first-order valence-corrected chi connectivity index (χ1v) is 9.47. The molecule has 0 saturated carbocycles. The largest absolute Gasteiger partial charge is 0.381 e. The standard InChI is InChI=1S/C18H37N3O3.HI/c1-4-19-18(21-9-13-24-14-16(2)3)20-8-5-10-23-15-17-6-11-22-12-7-17;/h16-17H,4-15H2,1-3H3,(H2,19,20,21);1H. The number of nitrogens with one attached hydrogen (secondary N) is 2. The summed E-state index contributed by atoms with van der Waals surface area (Å²) in [6, 6.07) is 0. The SMILES string of the molecule is CCNC(=NCCCOCC1CCOCC1)NCCOCC(C)C.I. The second kappa shape index (κ2) is 17.3. The Bertz CT molecular complexity index is 325. The Morgan fingerprint density at radius 3 is 2.60 bits per heavy atom. The van der Waals surface area contributed by atoms with E-state index >= 15 is 0 Å². The zero-order chi connectivity index (χ0) is 17.5. The van der Waals surface area contributed by atoms with E-state index in [-0.39, 0.29) is 24.0 Å². The van der Waals surface area contributed by atoms with E-state index in [1.807, 2.05) is 0 Å². The topological polar surface area (TPSA) is 64.1 Å². The molecule has 0 unspecified atom stereocenters. The molecule has 1 saturated heterocycles. The molecule has 1 aliphatic heterocycles. The Morgan fingerprint density at radius 1 is 1.16 bits per heavy atom. The fourth-order valence-corrected chi connectivity index (χ4v) is 2.42. The lowest BCUT2D eigenvalue weighted by atomic mass is 10.0. The van der Waals surface area contributed by atoms with Crippen LogP contribution < -0.4 is 10.6 Å². The number of rotatable bonds is 12. The Kier molecular flexibility index (Phi) is 17.2. The molecule has 6 nitrogen and oxygen atoms in total. The van der Waals surface area contributed by atoms with E-state index in [4.69, 9.17) is 14.2 Å². The number of halogens is 1. The van der Waals surface area contributed by atoms with Gasteiger partial charge in [-0.25, -0.2) is 0 Å². The summed E-state index contributed by atoms with van der Waals surface area (Å²) in [5.41, 5.74) is 0. The molecule has 0 aliphatic carbocycles. The molecule has 0 amide bonds. The van der Waals surface area contributed by atoms with Crippen LogP contribution in [0.5, 0.6) is 0 Å². The predicted molar refractivity (Wildman–Crippen MR) is 114 cm³/mol. The highest BCUT2D eigenvalue weighted by atomic mass is 127. The first-order chi connectivity index (χ1) is 11.7. The summed E-state index contributed by atoms with van der Waals surface area (Å²) in [5.74, 6) is 2.11. The van der Waals surface area contributed by atoms with Crippen LogP contribution in [-0.2, 0) is 14.2 Å². The Morgan fingerprint density at radius 2 is 1.92 bits per heavy atom. The summed E-state index contributed by atoms with van der Waals surface area (Å²) in [5, 5.41) is 6.55. The number of guanidine groups is 1. The first kappa shape index (κ1) is 24.9. The second-order valence-electron chi connectivity index (χ2n) is 6.64. The van der Waals surface area contributed by atoms with E-state index in [0.717, 1.165) is 77.9 Å². The van der Waals surface area contributed by atoms with Crippen LogP contribution in [0.3, 0.4) is 0 Å². The molecule has 1 heterocycles. The molecule has 2 N–H and O–H groups in total. The monoisotopic (exact) mass is 471 g/mol. The third-order valence-electron chi connectivity index (χ3n) is 3.75. The summed E-state index contributed by atoms with van der Waals surface area (Å²) in [6.07, 6.45) is 3.21. The van der Waals surface area contributed by atoms with E-state index in [1.165, 1.54) is 0 Å². The Labute approximate surface area is 170 Å². The maximum atomic E-state index is 5.76. The van der Waals surface area contributed by atoms with Gasteiger partial charge in [0.05, 0.1) is 6.61 Å². The van der Waals surface area contributed by atoms with Gasteiger partial charge in [-0.3, -0.25) is 4.99 Å². The van der Waals surface area contributed by atoms with Crippen molar-refractivity contribution in [2.24, 2.45) is 16.8 Å². The number of aliphatic imine (C=N–C) groups is 1. The normalized spacial score (nSPS) is 15.9. The van der Waals surface area contributed by atoms with Gasteiger partial charge in [-0.2, -0.15) is 0 Å². The molecule has 1 aliphatic rings. The van der Waals surface area contributed by atoms with Crippen molar-refractivity contribution in [3.63, 3.8) is 0 Å². The van der Waals surface area contributed by atoms with Gasteiger partial charge in [0, 0.05) is 52.7 Å². The van der Waals surface area contributed by atoms with Crippen LogP contribution >= 0.6 is 24.0 Å². The average Bonchev–Trinajstić information content (AvgIpc) is 2.58. The van der Waals surface area contributed by atoms with Crippen molar-refractivity contribution < 1.29 is 14.2 Å². The summed E-state index contributed by atoms with van der Waals surface area (Å²) in [4.78, 5) is 4.57. The second-order valence-corrected chi connectivity index (χ2v) is 6.64. The van der Waals surface area contributed by atoms with Crippen molar-refractivity contribution in [2.45, 2.75) is 40.0 Å². The molecule has 25 heavy (non-hydrogen) atoms. The van der Waals surface area contributed by atoms with Crippen LogP contribution in [0.1, 0.15) is 40.0 Å². The molecule has 0 aromatic rings. The number of ether oxygens (including phenoxy) is 3. The van der Waals surface area contributed by atoms with Crippen molar-refractivity contribution in [2.75, 3.05) is 59.3 Å². The van der Waals surface area contributed by atoms with Crippen LogP contribution in [0.2, 0.25) is 0 Å². The highest BCUT2D eigenvalue weighted by Gasteiger charge is 2.13. The predicted octanol–water partition coefficient (Wildman–Crippen LogP) is 2.67. The third kappa shape index (κ3) is 14.7. The van der Waals surface area contributed by atoms with E-state index in [0.29, 0.717) is 18.4 Å². The van der Waals surface area contributed by atoms with Crippen molar-refractivity contribution >= 4 is 29.9 Å². The van der Waals surface area contributed by atoms with Gasteiger partial charge in [0.1, 0.15) is 0 Å². The molecule has 0 aromatic carbocycles. The zero-order valence-electron chi connectivity index (χ0n) is 16.2. The Hall–Kier alpha value is -0.120. The van der Waals surface area contributed by atoms with Crippen molar-refractivity contribution in [1.82, 2.24) is 10.6 Å². The fraction of sp³-hybridized carbons (Fsp3) is 0.944. The van der Waals surface area contributed by atoms with Crippen LogP contribution in [0.4, 0.5) is 0 Å².